The first-order valence-electron chi connectivity index (χ1n) is 14.5. The molecule has 0 atom stereocenters. The number of para-hydroxylation sites is 2. The van der Waals surface area contributed by atoms with Gasteiger partial charge >= 0.3 is 0 Å². The van der Waals surface area contributed by atoms with Gasteiger partial charge in [0.25, 0.3) is 0 Å². The van der Waals surface area contributed by atoms with E-state index in [9.17, 15) is 0 Å². The van der Waals surface area contributed by atoms with Gasteiger partial charge in [0.15, 0.2) is 5.58 Å². The SMILES string of the molecule is c1cc(-c2cccc3ccccc23)cc(N(c2cccc3c2oc2ccccc23)c2cccc3c2sc2ccccc23)c1. The minimum atomic E-state index is 0.886. The maximum Gasteiger partial charge on any atom is 0.159 e. The Bertz CT molecular complexity index is 2360. The maximum atomic E-state index is 6.61. The van der Waals surface area contributed by atoms with Crippen LogP contribution in [0.25, 0.3) is 64.0 Å². The van der Waals surface area contributed by atoms with Crippen molar-refractivity contribution < 1.29 is 4.42 Å². The second-order valence-electron chi connectivity index (χ2n) is 10.9. The van der Waals surface area contributed by atoms with Gasteiger partial charge in [0, 0.05) is 31.9 Å². The third-order valence-corrected chi connectivity index (χ3v) is 9.66. The van der Waals surface area contributed by atoms with E-state index < -0.39 is 0 Å². The van der Waals surface area contributed by atoms with Crippen LogP contribution in [0.3, 0.4) is 0 Å². The molecule has 202 valence electrons. The Morgan fingerprint density at radius 2 is 1.16 bits per heavy atom. The largest absolute Gasteiger partial charge is 0.454 e. The molecule has 9 rings (SSSR count). The summed E-state index contributed by atoms with van der Waals surface area (Å²) in [7, 11) is 0. The van der Waals surface area contributed by atoms with Crippen LogP contribution in [0.15, 0.2) is 156 Å². The normalized spacial score (nSPS) is 11.7. The van der Waals surface area contributed by atoms with Crippen LogP contribution in [0.2, 0.25) is 0 Å². The molecule has 7 aromatic carbocycles. The van der Waals surface area contributed by atoms with Crippen LogP contribution >= 0.6 is 11.3 Å². The first-order chi connectivity index (χ1) is 21.3. The highest BCUT2D eigenvalue weighted by atomic mass is 32.1. The summed E-state index contributed by atoms with van der Waals surface area (Å²) >= 11 is 1.85. The molecule has 2 nitrogen and oxygen atoms in total. The Kier molecular flexibility index (Phi) is 5.40. The summed E-state index contributed by atoms with van der Waals surface area (Å²) in [6, 6.07) is 54.2. The zero-order valence-electron chi connectivity index (χ0n) is 23.2. The van der Waals surface area contributed by atoms with Crippen molar-refractivity contribution in [1.29, 1.82) is 0 Å². The molecule has 2 aromatic heterocycles. The summed E-state index contributed by atoms with van der Waals surface area (Å²) in [5.41, 5.74) is 7.44. The first-order valence-corrected chi connectivity index (χ1v) is 15.3. The standard InChI is InChI=1S/C40H25NOS/c1-2-15-29-26(11-1)12-8-18-30(29)27-13-7-14-28(25-27)41(35-21-9-19-33-31-16-3-5-23-37(31)42-39(33)35)36-22-10-20-34-32-17-4-6-24-38(32)43-40(34)36/h1-25H. The fraction of sp³-hybridized carbons (Fsp3) is 0. The van der Waals surface area contributed by atoms with Crippen molar-refractivity contribution in [2.45, 2.75) is 0 Å². The van der Waals surface area contributed by atoms with Crippen LogP contribution < -0.4 is 4.90 Å². The van der Waals surface area contributed by atoms with Gasteiger partial charge in [0.2, 0.25) is 0 Å². The molecular formula is C40H25NOS. The third kappa shape index (κ3) is 3.79. The van der Waals surface area contributed by atoms with Gasteiger partial charge in [-0.25, -0.2) is 0 Å². The zero-order valence-corrected chi connectivity index (χ0v) is 24.0. The summed E-state index contributed by atoms with van der Waals surface area (Å²) in [6.45, 7) is 0. The van der Waals surface area contributed by atoms with Crippen LogP contribution in [-0.2, 0) is 0 Å². The molecule has 0 aliphatic heterocycles. The average molecular weight is 568 g/mol. The van der Waals surface area contributed by atoms with E-state index in [1.54, 1.807) is 0 Å². The van der Waals surface area contributed by atoms with Gasteiger partial charge in [0.1, 0.15) is 5.58 Å². The topological polar surface area (TPSA) is 16.4 Å². The Morgan fingerprint density at radius 1 is 0.488 bits per heavy atom. The highest BCUT2D eigenvalue weighted by molar-refractivity contribution is 7.26. The van der Waals surface area contributed by atoms with Crippen molar-refractivity contribution in [3.05, 3.63) is 152 Å². The Hall–Kier alpha value is -5.38. The molecule has 2 heterocycles. The van der Waals surface area contributed by atoms with Crippen LogP contribution in [0, 0.1) is 0 Å². The zero-order chi connectivity index (χ0) is 28.3. The fourth-order valence-corrected chi connectivity index (χ4v) is 7.72. The van der Waals surface area contributed by atoms with E-state index in [1.165, 1.54) is 42.1 Å². The minimum Gasteiger partial charge on any atom is -0.454 e. The molecule has 3 heteroatoms. The second kappa shape index (κ2) is 9.59. The number of furan rings is 1. The van der Waals surface area contributed by atoms with Crippen LogP contribution in [-0.4, -0.2) is 0 Å². The van der Waals surface area contributed by atoms with E-state index in [1.807, 2.05) is 17.4 Å². The number of hydrogen-bond acceptors (Lipinski definition) is 3. The average Bonchev–Trinajstić information content (AvgIpc) is 3.64. The summed E-state index contributed by atoms with van der Waals surface area (Å²) < 4.78 is 9.16. The predicted molar refractivity (Wildman–Crippen MR) is 184 cm³/mol. The van der Waals surface area contributed by atoms with E-state index in [0.717, 1.165) is 39.0 Å². The summed E-state index contributed by atoms with van der Waals surface area (Å²) in [5, 5.41) is 7.29. The van der Waals surface area contributed by atoms with Crippen LogP contribution in [0.1, 0.15) is 0 Å². The lowest BCUT2D eigenvalue weighted by Gasteiger charge is -2.26. The molecule has 0 spiro atoms. The van der Waals surface area contributed by atoms with Gasteiger partial charge in [-0.1, -0.05) is 115 Å². The quantitative estimate of drug-likeness (QED) is 0.210. The van der Waals surface area contributed by atoms with Crippen molar-refractivity contribution in [3.8, 4) is 11.1 Å². The summed E-state index contributed by atoms with van der Waals surface area (Å²) in [6.07, 6.45) is 0. The number of anilines is 3. The molecule has 0 N–H and O–H groups in total. The molecular weight excluding hydrogens is 543 g/mol. The molecule has 0 saturated carbocycles. The van der Waals surface area contributed by atoms with Gasteiger partial charge in [-0.05, 0) is 58.3 Å². The minimum absolute atomic E-state index is 0.886. The van der Waals surface area contributed by atoms with Gasteiger partial charge in [-0.3, -0.25) is 0 Å². The van der Waals surface area contributed by atoms with Crippen molar-refractivity contribution >= 4 is 81.3 Å². The number of fused-ring (bicyclic) bond motifs is 7. The van der Waals surface area contributed by atoms with Crippen molar-refractivity contribution in [2.24, 2.45) is 0 Å². The Morgan fingerprint density at radius 3 is 2.09 bits per heavy atom. The highest BCUT2D eigenvalue weighted by Crippen LogP contribution is 2.48. The van der Waals surface area contributed by atoms with E-state index >= 15 is 0 Å². The predicted octanol–water partition coefficient (Wildman–Crippen LogP) is 12.2. The molecule has 0 saturated heterocycles. The Balaban J connectivity index is 1.35. The lowest BCUT2D eigenvalue weighted by Crippen LogP contribution is -2.10. The highest BCUT2D eigenvalue weighted by Gasteiger charge is 2.22. The Labute approximate surface area is 252 Å². The summed E-state index contributed by atoms with van der Waals surface area (Å²) in [4.78, 5) is 2.39. The number of thiophene rings is 1. The fourth-order valence-electron chi connectivity index (χ4n) is 6.51. The number of nitrogens with zero attached hydrogens (tertiary/aromatic N) is 1. The molecule has 0 bridgehead atoms. The third-order valence-electron chi connectivity index (χ3n) is 8.45. The molecule has 0 amide bonds. The molecule has 0 radical (unpaired) electrons. The van der Waals surface area contributed by atoms with Gasteiger partial charge < -0.3 is 9.32 Å². The second-order valence-corrected chi connectivity index (χ2v) is 12.0. The van der Waals surface area contributed by atoms with Crippen LogP contribution in [0.5, 0.6) is 0 Å². The lowest BCUT2D eigenvalue weighted by molar-refractivity contribution is 0.669. The summed E-state index contributed by atoms with van der Waals surface area (Å²) in [5.74, 6) is 0. The first kappa shape index (κ1) is 24.2. The molecule has 0 aliphatic rings. The molecule has 0 unspecified atom stereocenters. The van der Waals surface area contributed by atoms with E-state index in [4.69, 9.17) is 4.42 Å². The molecule has 43 heavy (non-hydrogen) atoms. The van der Waals surface area contributed by atoms with Gasteiger partial charge in [-0.15, -0.1) is 11.3 Å². The number of hydrogen-bond donors (Lipinski definition) is 0. The van der Waals surface area contributed by atoms with Crippen LogP contribution in [0.4, 0.5) is 17.1 Å². The smallest absolute Gasteiger partial charge is 0.159 e. The van der Waals surface area contributed by atoms with Crippen molar-refractivity contribution in [2.75, 3.05) is 4.90 Å². The van der Waals surface area contributed by atoms with Crippen molar-refractivity contribution in [1.82, 2.24) is 0 Å². The maximum absolute atomic E-state index is 6.61. The monoisotopic (exact) mass is 567 g/mol. The van der Waals surface area contributed by atoms with Gasteiger partial charge in [0.05, 0.1) is 16.1 Å². The van der Waals surface area contributed by atoms with E-state index in [0.29, 0.717) is 0 Å². The number of benzene rings is 7. The lowest BCUT2D eigenvalue weighted by atomic mass is 9.97. The van der Waals surface area contributed by atoms with Crippen molar-refractivity contribution in [3.63, 3.8) is 0 Å². The van der Waals surface area contributed by atoms with Gasteiger partial charge in [-0.2, -0.15) is 0 Å². The number of rotatable bonds is 4. The van der Waals surface area contributed by atoms with E-state index in [2.05, 4.69) is 150 Å². The molecule has 0 fully saturated rings. The molecule has 9 aromatic rings. The van der Waals surface area contributed by atoms with E-state index in [-0.39, 0.29) is 0 Å². The molecule has 0 aliphatic carbocycles.